The summed E-state index contributed by atoms with van der Waals surface area (Å²) in [5, 5.41) is 0.124. The third-order valence-electron chi connectivity index (χ3n) is 4.04. The fourth-order valence-corrected chi connectivity index (χ4v) is 4.53. The Morgan fingerprint density at radius 2 is 1.92 bits per heavy atom. The van der Waals surface area contributed by atoms with Crippen molar-refractivity contribution in [2.45, 2.75) is 23.5 Å². The Bertz CT molecular complexity index is 888. The molecule has 1 aromatic carbocycles. The van der Waals surface area contributed by atoms with Crippen LogP contribution in [0.1, 0.15) is 12.0 Å². The van der Waals surface area contributed by atoms with E-state index in [4.69, 9.17) is 11.6 Å². The van der Waals surface area contributed by atoms with Crippen molar-refractivity contribution in [1.29, 1.82) is 0 Å². The molecule has 0 saturated carbocycles. The van der Waals surface area contributed by atoms with Crippen molar-refractivity contribution in [3.63, 3.8) is 0 Å². The molecule has 140 valence electrons. The predicted molar refractivity (Wildman–Crippen MR) is 91.6 cm³/mol. The van der Waals surface area contributed by atoms with Gasteiger partial charge in [-0.1, -0.05) is 23.7 Å². The lowest BCUT2D eigenvalue weighted by Crippen LogP contribution is -2.37. The number of sulfonamides is 1. The van der Waals surface area contributed by atoms with E-state index < -0.39 is 21.8 Å². The van der Waals surface area contributed by atoms with Crippen LogP contribution in [-0.4, -0.2) is 32.5 Å². The van der Waals surface area contributed by atoms with Crippen LogP contribution in [0.5, 0.6) is 0 Å². The van der Waals surface area contributed by atoms with Crippen molar-refractivity contribution in [3.05, 3.63) is 53.2 Å². The summed E-state index contributed by atoms with van der Waals surface area (Å²) >= 11 is 5.94. The first kappa shape index (κ1) is 18.9. The molecule has 1 aromatic heterocycles. The minimum Gasteiger partial charge on any atom is -0.355 e. The first-order valence-electron chi connectivity index (χ1n) is 7.72. The predicted octanol–water partition coefficient (Wildman–Crippen LogP) is 3.31. The summed E-state index contributed by atoms with van der Waals surface area (Å²) in [6.45, 7) is 0.788. The molecule has 1 aliphatic rings. The summed E-state index contributed by atoms with van der Waals surface area (Å²) in [6, 6.07) is 7.97. The Morgan fingerprint density at radius 3 is 2.54 bits per heavy atom. The van der Waals surface area contributed by atoms with Crippen molar-refractivity contribution in [3.8, 4) is 0 Å². The van der Waals surface area contributed by atoms with E-state index in [1.165, 1.54) is 18.2 Å². The average molecular weight is 406 g/mol. The molecule has 1 aliphatic heterocycles. The van der Waals surface area contributed by atoms with Crippen LogP contribution in [0, 0.1) is 0 Å². The van der Waals surface area contributed by atoms with Gasteiger partial charge in [0.1, 0.15) is 10.7 Å². The monoisotopic (exact) mass is 405 g/mol. The number of anilines is 1. The molecule has 1 fully saturated rings. The second kappa shape index (κ2) is 7.05. The minimum absolute atomic E-state index is 0.00669. The maximum absolute atomic E-state index is 12.6. The zero-order valence-electron chi connectivity index (χ0n) is 13.4. The molecule has 1 N–H and O–H groups in total. The number of hydrogen-bond donors (Lipinski definition) is 1. The van der Waals surface area contributed by atoms with E-state index in [9.17, 15) is 21.6 Å². The summed E-state index contributed by atoms with van der Waals surface area (Å²) < 4.78 is 65.3. The zero-order chi connectivity index (χ0) is 18.9. The van der Waals surface area contributed by atoms with Crippen molar-refractivity contribution >= 4 is 27.4 Å². The number of halogens is 4. The number of nitrogens with zero attached hydrogens (tertiary/aromatic N) is 2. The second-order valence-electron chi connectivity index (χ2n) is 5.89. The van der Waals surface area contributed by atoms with Crippen molar-refractivity contribution in [1.82, 2.24) is 9.71 Å². The Morgan fingerprint density at radius 1 is 1.19 bits per heavy atom. The molecule has 5 nitrogen and oxygen atoms in total. The van der Waals surface area contributed by atoms with Crippen molar-refractivity contribution in [2.75, 3.05) is 18.0 Å². The number of alkyl halides is 3. The second-order valence-corrected chi connectivity index (χ2v) is 7.98. The van der Waals surface area contributed by atoms with E-state index in [0.717, 1.165) is 12.3 Å². The molecule has 10 heteroatoms. The summed E-state index contributed by atoms with van der Waals surface area (Å²) in [4.78, 5) is 5.57. The van der Waals surface area contributed by atoms with Gasteiger partial charge in [-0.3, -0.25) is 0 Å². The van der Waals surface area contributed by atoms with E-state index >= 15 is 0 Å². The average Bonchev–Trinajstić information content (AvgIpc) is 3.02. The van der Waals surface area contributed by atoms with E-state index in [0.29, 0.717) is 25.3 Å². The number of nitrogens with one attached hydrogen (secondary N) is 1. The highest BCUT2D eigenvalue weighted by molar-refractivity contribution is 7.89. The van der Waals surface area contributed by atoms with Crippen LogP contribution in [0.15, 0.2) is 47.5 Å². The van der Waals surface area contributed by atoms with Gasteiger partial charge in [0.15, 0.2) is 0 Å². The van der Waals surface area contributed by atoms with E-state index in [2.05, 4.69) is 9.71 Å². The van der Waals surface area contributed by atoms with Gasteiger partial charge in [-0.25, -0.2) is 18.1 Å². The number of benzene rings is 1. The van der Waals surface area contributed by atoms with Crippen LogP contribution in [-0.2, 0) is 16.2 Å². The van der Waals surface area contributed by atoms with Gasteiger partial charge in [-0.2, -0.15) is 13.2 Å². The van der Waals surface area contributed by atoms with Gasteiger partial charge in [-0.15, -0.1) is 0 Å². The highest BCUT2D eigenvalue weighted by Crippen LogP contribution is 2.30. The number of rotatable bonds is 4. The summed E-state index contributed by atoms with van der Waals surface area (Å²) in [6.07, 6.45) is -3.16. The van der Waals surface area contributed by atoms with Crippen LogP contribution < -0.4 is 9.62 Å². The van der Waals surface area contributed by atoms with Gasteiger partial charge in [0.2, 0.25) is 10.0 Å². The third kappa shape index (κ3) is 4.11. The van der Waals surface area contributed by atoms with Gasteiger partial charge >= 0.3 is 6.18 Å². The first-order valence-corrected chi connectivity index (χ1v) is 9.58. The molecule has 0 spiro atoms. The highest BCUT2D eigenvalue weighted by Gasteiger charge is 2.32. The number of hydrogen-bond acceptors (Lipinski definition) is 4. The van der Waals surface area contributed by atoms with Crippen molar-refractivity contribution < 1.29 is 21.6 Å². The highest BCUT2D eigenvalue weighted by atomic mass is 35.5. The molecule has 0 aliphatic carbocycles. The number of pyridine rings is 1. The third-order valence-corrected chi connectivity index (χ3v) is 6.06. The van der Waals surface area contributed by atoms with Crippen LogP contribution >= 0.6 is 11.6 Å². The Kier molecular flexibility index (Phi) is 5.14. The van der Waals surface area contributed by atoms with Crippen LogP contribution in [0.4, 0.5) is 19.0 Å². The quantitative estimate of drug-likeness (QED) is 0.847. The summed E-state index contributed by atoms with van der Waals surface area (Å²) in [5.41, 5.74) is -0.823. The van der Waals surface area contributed by atoms with Crippen LogP contribution in [0.2, 0.25) is 5.02 Å². The van der Waals surface area contributed by atoms with E-state index in [1.54, 1.807) is 17.0 Å². The van der Waals surface area contributed by atoms with Gasteiger partial charge in [0.25, 0.3) is 0 Å². The van der Waals surface area contributed by atoms with Gasteiger partial charge in [-0.05, 0) is 30.7 Å². The Hall–Kier alpha value is -1.84. The maximum atomic E-state index is 12.6. The fraction of sp³-hybridized carbons (Fsp3) is 0.312. The van der Waals surface area contributed by atoms with E-state index in [-0.39, 0.29) is 16.0 Å². The molecule has 3 rings (SSSR count). The molecule has 2 heterocycles. The molecule has 0 radical (unpaired) electrons. The Labute approximate surface area is 153 Å². The maximum Gasteiger partial charge on any atom is 0.417 e. The van der Waals surface area contributed by atoms with Crippen molar-refractivity contribution in [2.24, 2.45) is 0 Å². The fourth-order valence-electron chi connectivity index (χ4n) is 2.75. The molecule has 0 bridgehead atoms. The topological polar surface area (TPSA) is 62.3 Å². The van der Waals surface area contributed by atoms with Gasteiger partial charge < -0.3 is 4.90 Å². The molecule has 0 amide bonds. The summed E-state index contributed by atoms with van der Waals surface area (Å²) in [5.74, 6) is 0.373. The largest absolute Gasteiger partial charge is 0.417 e. The molecule has 2 aromatic rings. The minimum atomic E-state index is -4.44. The molecular weight excluding hydrogens is 391 g/mol. The molecule has 26 heavy (non-hydrogen) atoms. The number of aromatic nitrogens is 1. The smallest absolute Gasteiger partial charge is 0.355 e. The van der Waals surface area contributed by atoms with Crippen LogP contribution in [0.25, 0.3) is 0 Å². The molecule has 1 atom stereocenters. The lowest BCUT2D eigenvalue weighted by atomic mass is 10.3. The molecule has 1 unspecified atom stereocenters. The lowest BCUT2D eigenvalue weighted by Gasteiger charge is -2.18. The van der Waals surface area contributed by atoms with Crippen LogP contribution in [0.3, 0.4) is 0 Å². The normalized spacial score (nSPS) is 18.3. The molecular formula is C16H15ClF3N3O2S. The SMILES string of the molecule is O=S(=O)(NC1CCN(c2ccc(C(F)(F)F)cn2)C1)c1ccccc1Cl. The van der Waals surface area contributed by atoms with Gasteiger partial charge in [0.05, 0.1) is 10.6 Å². The summed E-state index contributed by atoms with van der Waals surface area (Å²) in [7, 11) is -3.78. The van der Waals surface area contributed by atoms with E-state index in [1.807, 2.05) is 0 Å². The lowest BCUT2D eigenvalue weighted by molar-refractivity contribution is -0.137. The molecule has 1 saturated heterocycles. The van der Waals surface area contributed by atoms with Gasteiger partial charge in [0, 0.05) is 25.3 Å². The zero-order valence-corrected chi connectivity index (χ0v) is 14.9. The first-order chi connectivity index (χ1) is 12.2. The standard InChI is InChI=1S/C16H15ClF3N3O2S/c17-13-3-1-2-4-14(13)26(24,25)22-12-7-8-23(10-12)15-6-5-11(9-21-15)16(18,19)20/h1-6,9,12,22H,7-8,10H2. The Balaban J connectivity index is 1.68.